The van der Waals surface area contributed by atoms with Crippen molar-refractivity contribution in [2.75, 3.05) is 0 Å². The lowest BCUT2D eigenvalue weighted by molar-refractivity contribution is 0.0685. The van der Waals surface area contributed by atoms with Crippen LogP contribution in [0.15, 0.2) is 24.7 Å². The van der Waals surface area contributed by atoms with Crippen LogP contribution in [0.4, 0.5) is 0 Å². The second-order valence-electron chi connectivity index (χ2n) is 5.91. The highest BCUT2D eigenvalue weighted by Gasteiger charge is 2.17. The van der Waals surface area contributed by atoms with Gasteiger partial charge in [-0.25, -0.2) is 9.78 Å². The van der Waals surface area contributed by atoms with Crippen LogP contribution in [0.1, 0.15) is 48.2 Å². The molecule has 5 heteroatoms. The predicted octanol–water partition coefficient (Wildman–Crippen LogP) is 2.63. The van der Waals surface area contributed by atoms with E-state index in [1.54, 1.807) is 24.0 Å². The molecule has 2 heterocycles. The molecule has 0 unspecified atom stereocenters. The van der Waals surface area contributed by atoms with E-state index >= 15 is 0 Å². The first-order valence-corrected chi connectivity index (χ1v) is 6.49. The standard InChI is InChI=1S/C15H19N3O2/c1-10-13(14(19)20)18(9-17-10)8-11-5-6-12(16-7-11)15(2,3)4/h5-7,9H,8H2,1-4H3,(H,19,20). The van der Waals surface area contributed by atoms with Gasteiger partial charge in [-0.15, -0.1) is 0 Å². The normalized spacial score (nSPS) is 11.6. The Bertz CT molecular complexity index is 622. The van der Waals surface area contributed by atoms with Crippen molar-refractivity contribution >= 4 is 5.97 Å². The fraction of sp³-hybridized carbons (Fsp3) is 0.400. The fourth-order valence-electron chi connectivity index (χ4n) is 2.04. The van der Waals surface area contributed by atoms with E-state index in [-0.39, 0.29) is 11.1 Å². The Kier molecular flexibility index (Phi) is 3.61. The molecule has 0 aliphatic rings. The van der Waals surface area contributed by atoms with Crippen molar-refractivity contribution in [2.24, 2.45) is 0 Å². The quantitative estimate of drug-likeness (QED) is 0.933. The summed E-state index contributed by atoms with van der Waals surface area (Å²) in [4.78, 5) is 19.7. The molecule has 0 saturated heterocycles. The van der Waals surface area contributed by atoms with E-state index in [0.29, 0.717) is 12.2 Å². The Labute approximate surface area is 118 Å². The Hall–Kier alpha value is -2.17. The third kappa shape index (κ3) is 2.87. The number of rotatable bonds is 3. The summed E-state index contributed by atoms with van der Waals surface area (Å²) < 4.78 is 1.63. The van der Waals surface area contributed by atoms with Gasteiger partial charge in [-0.3, -0.25) is 4.98 Å². The van der Waals surface area contributed by atoms with E-state index in [1.165, 1.54) is 0 Å². The van der Waals surface area contributed by atoms with Gasteiger partial charge in [0, 0.05) is 17.3 Å². The molecule has 2 aromatic heterocycles. The number of nitrogens with zero attached hydrogens (tertiary/aromatic N) is 3. The van der Waals surface area contributed by atoms with Gasteiger partial charge in [-0.2, -0.15) is 0 Å². The number of carboxylic acid groups (broad SMARTS) is 1. The van der Waals surface area contributed by atoms with E-state index < -0.39 is 5.97 Å². The molecule has 0 aliphatic carbocycles. The molecule has 20 heavy (non-hydrogen) atoms. The minimum Gasteiger partial charge on any atom is -0.477 e. The summed E-state index contributed by atoms with van der Waals surface area (Å²) in [5.41, 5.74) is 2.73. The number of aromatic nitrogens is 3. The van der Waals surface area contributed by atoms with Crippen LogP contribution in [0.25, 0.3) is 0 Å². The van der Waals surface area contributed by atoms with Crippen LogP contribution in [0, 0.1) is 6.92 Å². The van der Waals surface area contributed by atoms with Gasteiger partial charge >= 0.3 is 5.97 Å². The SMILES string of the molecule is Cc1ncn(Cc2ccc(C(C)(C)C)nc2)c1C(=O)O. The number of pyridine rings is 1. The molecule has 0 bridgehead atoms. The highest BCUT2D eigenvalue weighted by molar-refractivity contribution is 5.86. The molecule has 0 aliphatic heterocycles. The van der Waals surface area contributed by atoms with Crippen molar-refractivity contribution in [1.82, 2.24) is 14.5 Å². The number of aryl methyl sites for hydroxylation is 1. The molecule has 0 radical (unpaired) electrons. The lowest BCUT2D eigenvalue weighted by atomic mass is 9.91. The lowest BCUT2D eigenvalue weighted by Crippen LogP contribution is -2.14. The molecular weight excluding hydrogens is 254 g/mol. The van der Waals surface area contributed by atoms with Crippen LogP contribution < -0.4 is 0 Å². The van der Waals surface area contributed by atoms with Crippen molar-refractivity contribution in [3.8, 4) is 0 Å². The number of aromatic carboxylic acids is 1. The summed E-state index contributed by atoms with van der Waals surface area (Å²) in [5, 5.41) is 9.19. The maximum Gasteiger partial charge on any atom is 0.354 e. The fourth-order valence-corrected chi connectivity index (χ4v) is 2.04. The summed E-state index contributed by atoms with van der Waals surface area (Å²) in [6.45, 7) is 8.48. The van der Waals surface area contributed by atoms with E-state index in [0.717, 1.165) is 11.3 Å². The molecule has 0 saturated carbocycles. The Morgan fingerprint density at radius 3 is 2.50 bits per heavy atom. The zero-order chi connectivity index (χ0) is 14.9. The summed E-state index contributed by atoms with van der Waals surface area (Å²) >= 11 is 0. The van der Waals surface area contributed by atoms with E-state index in [4.69, 9.17) is 0 Å². The smallest absolute Gasteiger partial charge is 0.354 e. The Morgan fingerprint density at radius 2 is 2.00 bits per heavy atom. The van der Waals surface area contributed by atoms with Crippen molar-refractivity contribution in [1.29, 1.82) is 0 Å². The van der Waals surface area contributed by atoms with Gasteiger partial charge in [-0.1, -0.05) is 26.8 Å². The second-order valence-corrected chi connectivity index (χ2v) is 5.91. The van der Waals surface area contributed by atoms with Crippen molar-refractivity contribution in [3.05, 3.63) is 47.3 Å². The summed E-state index contributed by atoms with van der Waals surface area (Å²) in [5.74, 6) is -0.959. The van der Waals surface area contributed by atoms with Crippen molar-refractivity contribution in [3.63, 3.8) is 0 Å². The van der Waals surface area contributed by atoms with E-state index in [9.17, 15) is 9.90 Å². The first kappa shape index (κ1) is 14.2. The van der Waals surface area contributed by atoms with Crippen LogP contribution >= 0.6 is 0 Å². The average Bonchev–Trinajstić information content (AvgIpc) is 2.70. The van der Waals surface area contributed by atoms with Gasteiger partial charge in [0.25, 0.3) is 0 Å². The van der Waals surface area contributed by atoms with Crippen molar-refractivity contribution in [2.45, 2.75) is 39.7 Å². The highest BCUT2D eigenvalue weighted by atomic mass is 16.4. The summed E-state index contributed by atoms with van der Waals surface area (Å²) in [6.07, 6.45) is 3.35. The second kappa shape index (κ2) is 5.07. The van der Waals surface area contributed by atoms with Crippen molar-refractivity contribution < 1.29 is 9.90 Å². The first-order valence-electron chi connectivity index (χ1n) is 6.49. The Morgan fingerprint density at radius 1 is 1.30 bits per heavy atom. The van der Waals surface area contributed by atoms with Gasteiger partial charge in [0.05, 0.1) is 18.6 Å². The number of carbonyl (C=O) groups is 1. The molecule has 2 rings (SSSR count). The largest absolute Gasteiger partial charge is 0.477 e. The summed E-state index contributed by atoms with van der Waals surface area (Å²) in [7, 11) is 0. The van der Waals surface area contributed by atoms with Gasteiger partial charge in [0.15, 0.2) is 0 Å². The number of hydrogen-bond acceptors (Lipinski definition) is 3. The third-order valence-electron chi connectivity index (χ3n) is 3.17. The zero-order valence-corrected chi connectivity index (χ0v) is 12.2. The molecule has 106 valence electrons. The topological polar surface area (TPSA) is 68.0 Å². The molecule has 2 aromatic rings. The highest BCUT2D eigenvalue weighted by Crippen LogP contribution is 2.20. The van der Waals surface area contributed by atoms with Crippen LogP contribution in [-0.2, 0) is 12.0 Å². The maximum atomic E-state index is 11.2. The van der Waals surface area contributed by atoms with Gasteiger partial charge in [0.1, 0.15) is 5.69 Å². The van der Waals surface area contributed by atoms with Crippen LogP contribution in [-0.4, -0.2) is 25.6 Å². The van der Waals surface area contributed by atoms with Gasteiger partial charge in [0.2, 0.25) is 0 Å². The minimum absolute atomic E-state index is 0.0103. The average molecular weight is 273 g/mol. The van der Waals surface area contributed by atoms with Crippen LogP contribution in [0.3, 0.4) is 0 Å². The molecule has 0 aromatic carbocycles. The predicted molar refractivity (Wildman–Crippen MR) is 76.0 cm³/mol. The van der Waals surface area contributed by atoms with Crippen LogP contribution in [0.2, 0.25) is 0 Å². The number of hydrogen-bond donors (Lipinski definition) is 1. The Balaban J connectivity index is 2.25. The van der Waals surface area contributed by atoms with Crippen LogP contribution in [0.5, 0.6) is 0 Å². The number of imidazole rings is 1. The molecule has 1 N–H and O–H groups in total. The zero-order valence-electron chi connectivity index (χ0n) is 12.2. The van der Waals surface area contributed by atoms with E-state index in [1.807, 2.05) is 12.1 Å². The molecule has 0 fully saturated rings. The van der Waals surface area contributed by atoms with Gasteiger partial charge < -0.3 is 9.67 Å². The monoisotopic (exact) mass is 273 g/mol. The lowest BCUT2D eigenvalue weighted by Gasteiger charge is -2.17. The molecule has 5 nitrogen and oxygen atoms in total. The third-order valence-corrected chi connectivity index (χ3v) is 3.17. The first-order chi connectivity index (χ1) is 9.29. The van der Waals surface area contributed by atoms with Gasteiger partial charge in [-0.05, 0) is 18.6 Å². The molecule has 0 spiro atoms. The number of carboxylic acids is 1. The molecule has 0 atom stereocenters. The van der Waals surface area contributed by atoms with E-state index in [2.05, 4.69) is 30.7 Å². The molecular formula is C15H19N3O2. The minimum atomic E-state index is -0.959. The maximum absolute atomic E-state index is 11.2. The molecule has 0 amide bonds. The summed E-state index contributed by atoms with van der Waals surface area (Å²) in [6, 6.07) is 3.97.